The maximum Gasteiger partial charge on any atom is 1.00 e. The van der Waals surface area contributed by atoms with Crippen LogP contribution in [0.5, 0.6) is 0 Å². The van der Waals surface area contributed by atoms with E-state index in [1.54, 1.807) is 0 Å². The molecular formula is C9H5NaO4. The van der Waals surface area contributed by atoms with Crippen LogP contribution in [-0.2, 0) is 0 Å². The van der Waals surface area contributed by atoms with Gasteiger partial charge in [0.2, 0.25) is 0 Å². The Morgan fingerprint density at radius 2 is 1.71 bits per heavy atom. The van der Waals surface area contributed by atoms with Crippen LogP contribution in [0.25, 0.3) is 0 Å². The molecule has 0 spiro atoms. The Balaban J connectivity index is 0.00000169. The molecule has 0 saturated carbocycles. The van der Waals surface area contributed by atoms with E-state index in [4.69, 9.17) is 0 Å². The summed E-state index contributed by atoms with van der Waals surface area (Å²) in [5.41, 5.74) is 0.101. The van der Waals surface area contributed by atoms with Crippen LogP contribution >= 0.6 is 0 Å². The maximum atomic E-state index is 10.4. The van der Waals surface area contributed by atoms with Gasteiger partial charge in [0.15, 0.2) is 12.6 Å². The van der Waals surface area contributed by atoms with Gasteiger partial charge in [-0.2, -0.15) is 0 Å². The summed E-state index contributed by atoms with van der Waals surface area (Å²) in [5.74, 6) is -1.37. The number of hydrogen-bond acceptors (Lipinski definition) is 4. The monoisotopic (exact) mass is 200 g/mol. The summed E-state index contributed by atoms with van der Waals surface area (Å²) in [4.78, 5) is 31.1. The van der Waals surface area contributed by atoms with Gasteiger partial charge >= 0.3 is 29.6 Å². The number of carboxylic acids is 1. The molecule has 1 rings (SSSR count). The van der Waals surface area contributed by atoms with E-state index in [1.165, 1.54) is 12.1 Å². The summed E-state index contributed by atoms with van der Waals surface area (Å²) < 4.78 is 0. The molecule has 0 aliphatic heterocycles. The number of hydrogen-bond donors (Lipinski definition) is 0. The van der Waals surface area contributed by atoms with Crippen molar-refractivity contribution in [2.45, 2.75) is 0 Å². The number of rotatable bonds is 3. The van der Waals surface area contributed by atoms with E-state index in [0.29, 0.717) is 12.6 Å². The molecule has 0 amide bonds. The van der Waals surface area contributed by atoms with Gasteiger partial charge in [-0.1, -0.05) is 12.1 Å². The van der Waals surface area contributed by atoms with Gasteiger partial charge in [-0.15, -0.1) is 0 Å². The van der Waals surface area contributed by atoms with E-state index in [-0.39, 0.29) is 46.2 Å². The van der Waals surface area contributed by atoms with Crippen molar-refractivity contribution in [3.8, 4) is 0 Å². The van der Waals surface area contributed by atoms with Crippen LogP contribution < -0.4 is 34.7 Å². The van der Waals surface area contributed by atoms with Gasteiger partial charge in [0.05, 0.1) is 5.97 Å². The van der Waals surface area contributed by atoms with Gasteiger partial charge in [-0.25, -0.2) is 0 Å². The van der Waals surface area contributed by atoms with E-state index < -0.39 is 5.97 Å². The summed E-state index contributed by atoms with van der Waals surface area (Å²) in [7, 11) is 0. The molecule has 5 heteroatoms. The molecule has 1 aromatic carbocycles. The average molecular weight is 200 g/mol. The summed E-state index contributed by atoms with van der Waals surface area (Å²) in [5, 5.41) is 10.4. The molecular weight excluding hydrogens is 195 g/mol. The summed E-state index contributed by atoms with van der Waals surface area (Å²) >= 11 is 0. The summed E-state index contributed by atoms with van der Waals surface area (Å²) in [6.07, 6.45) is 0.916. The molecule has 66 valence electrons. The van der Waals surface area contributed by atoms with E-state index in [0.717, 1.165) is 6.07 Å². The standard InChI is InChI=1S/C9H6O4.Na/c10-4-7-2-1-6(9(12)13)3-8(7)5-11;/h1-5H,(H,12,13);/q;+1/p-1. The van der Waals surface area contributed by atoms with Gasteiger partial charge in [0, 0.05) is 11.1 Å². The Morgan fingerprint density at radius 1 is 1.14 bits per heavy atom. The predicted octanol–water partition coefficient (Wildman–Crippen LogP) is -3.32. The van der Waals surface area contributed by atoms with Crippen molar-refractivity contribution in [3.63, 3.8) is 0 Å². The fourth-order valence-corrected chi connectivity index (χ4v) is 0.911. The van der Waals surface area contributed by atoms with Gasteiger partial charge in [0.25, 0.3) is 0 Å². The quantitative estimate of drug-likeness (QED) is 0.378. The van der Waals surface area contributed by atoms with Gasteiger partial charge in [0.1, 0.15) is 0 Å². The molecule has 0 atom stereocenters. The number of carbonyl (C=O) groups excluding carboxylic acids is 3. The number of aromatic carboxylic acids is 1. The second kappa shape index (κ2) is 5.70. The van der Waals surface area contributed by atoms with Crippen LogP contribution in [0.4, 0.5) is 0 Å². The number of benzene rings is 1. The molecule has 0 saturated heterocycles. The number of carbonyl (C=O) groups is 3. The van der Waals surface area contributed by atoms with E-state index >= 15 is 0 Å². The van der Waals surface area contributed by atoms with Crippen LogP contribution in [0.2, 0.25) is 0 Å². The molecule has 4 nitrogen and oxygen atoms in total. The van der Waals surface area contributed by atoms with Crippen LogP contribution in [0, 0.1) is 0 Å². The normalized spacial score (nSPS) is 8.57. The zero-order chi connectivity index (χ0) is 9.84. The largest absolute Gasteiger partial charge is 1.00 e. The van der Waals surface area contributed by atoms with Crippen LogP contribution in [0.3, 0.4) is 0 Å². The SMILES string of the molecule is O=Cc1ccc(C(=O)[O-])cc1C=O.[Na+]. The Bertz CT molecular complexity index is 373. The molecule has 1 aromatic rings. The third kappa shape index (κ3) is 2.77. The predicted molar refractivity (Wildman–Crippen MR) is 41.5 cm³/mol. The fourth-order valence-electron chi connectivity index (χ4n) is 0.911. The molecule has 0 heterocycles. The van der Waals surface area contributed by atoms with Crippen LogP contribution in [-0.4, -0.2) is 18.5 Å². The Kier molecular flexibility index (Phi) is 5.30. The smallest absolute Gasteiger partial charge is 0.545 e. The van der Waals surface area contributed by atoms with Gasteiger partial charge in [-0.05, 0) is 11.6 Å². The first-order valence-corrected chi connectivity index (χ1v) is 3.45. The minimum Gasteiger partial charge on any atom is -0.545 e. The van der Waals surface area contributed by atoms with E-state index in [1.807, 2.05) is 0 Å². The van der Waals surface area contributed by atoms with E-state index in [9.17, 15) is 19.5 Å². The van der Waals surface area contributed by atoms with Crippen molar-refractivity contribution in [2.75, 3.05) is 0 Å². The Labute approximate surface area is 102 Å². The Hall–Kier alpha value is -0.970. The third-order valence-electron chi connectivity index (χ3n) is 1.58. The van der Waals surface area contributed by atoms with Crippen molar-refractivity contribution < 1.29 is 49.0 Å². The first kappa shape index (κ1) is 13.0. The average Bonchev–Trinajstić information content (AvgIpc) is 2.16. The second-order valence-corrected chi connectivity index (χ2v) is 2.37. The van der Waals surface area contributed by atoms with Gasteiger partial charge in [-0.3, -0.25) is 9.59 Å². The topological polar surface area (TPSA) is 74.3 Å². The van der Waals surface area contributed by atoms with Crippen molar-refractivity contribution >= 4 is 18.5 Å². The molecule has 0 aromatic heterocycles. The van der Waals surface area contributed by atoms with Crippen molar-refractivity contribution in [1.29, 1.82) is 0 Å². The number of carboxylic acid groups (broad SMARTS) is 1. The summed E-state index contributed by atoms with van der Waals surface area (Å²) in [6, 6.07) is 3.58. The second-order valence-electron chi connectivity index (χ2n) is 2.37. The molecule has 0 radical (unpaired) electrons. The zero-order valence-corrected chi connectivity index (χ0v) is 9.52. The van der Waals surface area contributed by atoms with E-state index in [2.05, 4.69) is 0 Å². The molecule has 0 unspecified atom stereocenters. The molecule has 0 aliphatic rings. The fraction of sp³-hybridized carbons (Fsp3) is 0. The van der Waals surface area contributed by atoms with Crippen molar-refractivity contribution in [1.82, 2.24) is 0 Å². The van der Waals surface area contributed by atoms with Crippen molar-refractivity contribution in [2.24, 2.45) is 0 Å². The Morgan fingerprint density at radius 3 is 2.14 bits per heavy atom. The van der Waals surface area contributed by atoms with Gasteiger partial charge < -0.3 is 9.90 Å². The molecule has 0 fully saturated rings. The zero-order valence-electron chi connectivity index (χ0n) is 7.52. The van der Waals surface area contributed by atoms with Crippen LogP contribution in [0.15, 0.2) is 18.2 Å². The summed E-state index contributed by atoms with van der Waals surface area (Å²) in [6.45, 7) is 0. The minimum atomic E-state index is -1.37. The maximum absolute atomic E-state index is 10.4. The molecule has 0 N–H and O–H groups in total. The molecule has 0 bridgehead atoms. The molecule has 14 heavy (non-hydrogen) atoms. The van der Waals surface area contributed by atoms with Crippen molar-refractivity contribution in [3.05, 3.63) is 34.9 Å². The molecule has 0 aliphatic carbocycles. The van der Waals surface area contributed by atoms with Crippen LogP contribution in [0.1, 0.15) is 31.1 Å². The first-order chi connectivity index (χ1) is 6.19. The number of aldehydes is 2. The first-order valence-electron chi connectivity index (χ1n) is 3.45. The third-order valence-corrected chi connectivity index (χ3v) is 1.58. The minimum absolute atomic E-state index is 0.